The van der Waals surface area contributed by atoms with Crippen molar-refractivity contribution < 1.29 is 19.0 Å². The molecule has 0 aliphatic carbocycles. The van der Waals surface area contributed by atoms with Gasteiger partial charge in [-0.3, -0.25) is 4.79 Å². The van der Waals surface area contributed by atoms with Gasteiger partial charge in [0.2, 0.25) is 11.0 Å². The molecular formula is C21H21Cl2N5O4S. The summed E-state index contributed by atoms with van der Waals surface area (Å²) in [6.07, 6.45) is 1.45. The lowest BCUT2D eigenvalue weighted by Gasteiger charge is -2.11. The number of hydrazone groups is 1. The van der Waals surface area contributed by atoms with Crippen LogP contribution < -0.4 is 20.6 Å². The van der Waals surface area contributed by atoms with Gasteiger partial charge < -0.3 is 19.9 Å². The van der Waals surface area contributed by atoms with Crippen molar-refractivity contribution in [3.63, 3.8) is 0 Å². The lowest BCUT2D eigenvalue weighted by molar-refractivity contribution is -0.120. The number of rotatable bonds is 12. The Labute approximate surface area is 204 Å². The van der Waals surface area contributed by atoms with Crippen LogP contribution in [0.1, 0.15) is 10.6 Å². The number of halogens is 2. The molecule has 33 heavy (non-hydrogen) atoms. The first kappa shape index (κ1) is 24.7. The highest BCUT2D eigenvalue weighted by atomic mass is 35.5. The van der Waals surface area contributed by atoms with Crippen LogP contribution in [0.5, 0.6) is 11.5 Å². The largest absolute Gasteiger partial charge is 0.491 e. The van der Waals surface area contributed by atoms with Crippen molar-refractivity contribution in [2.24, 2.45) is 5.10 Å². The van der Waals surface area contributed by atoms with Crippen LogP contribution >= 0.6 is 34.5 Å². The number of benzene rings is 2. The minimum Gasteiger partial charge on any atom is -0.491 e. The molecule has 0 bridgehead atoms. The Hall–Kier alpha value is -2.92. The zero-order valence-corrected chi connectivity index (χ0v) is 19.7. The van der Waals surface area contributed by atoms with Crippen LogP contribution in [0, 0.1) is 0 Å². The Morgan fingerprint density at radius 1 is 1.06 bits per heavy atom. The number of carbonyl (C=O) groups excluding carboxylic acids is 1. The van der Waals surface area contributed by atoms with Crippen LogP contribution in [0.2, 0.25) is 10.0 Å². The number of hydrogen-bond donors (Lipinski definition) is 2. The van der Waals surface area contributed by atoms with Gasteiger partial charge in [-0.15, -0.1) is 10.2 Å². The maximum atomic E-state index is 11.9. The maximum absolute atomic E-state index is 11.9. The lowest BCUT2D eigenvalue weighted by Crippen LogP contribution is -2.19. The first-order valence-corrected chi connectivity index (χ1v) is 11.4. The number of nitrogens with two attached hydrogens (primary N) is 1. The number of nitrogens with one attached hydrogen (secondary N) is 1. The molecule has 0 saturated heterocycles. The SMILES string of the molecule is Nc1nnc(CC(=O)NN=Cc2cc(Cl)c(OCCOCCOc3ccccc3)c(Cl)c2)s1. The number of amides is 1. The van der Waals surface area contributed by atoms with Crippen LogP contribution in [0.25, 0.3) is 0 Å². The molecule has 0 aliphatic rings. The highest BCUT2D eigenvalue weighted by Crippen LogP contribution is 2.33. The second-order valence-electron chi connectivity index (χ2n) is 6.44. The van der Waals surface area contributed by atoms with E-state index in [-0.39, 0.29) is 18.9 Å². The summed E-state index contributed by atoms with van der Waals surface area (Å²) >= 11 is 13.7. The van der Waals surface area contributed by atoms with E-state index in [4.69, 9.17) is 43.1 Å². The summed E-state index contributed by atoms with van der Waals surface area (Å²) in [6, 6.07) is 12.7. The Kier molecular flexibility index (Phi) is 9.70. The van der Waals surface area contributed by atoms with E-state index in [0.29, 0.717) is 51.3 Å². The molecule has 1 heterocycles. The standard InChI is InChI=1S/C21H21Cl2N5O4S/c22-16-10-14(13-25-26-18(29)12-19-27-28-21(24)33-19)11-17(23)20(16)32-9-7-30-6-8-31-15-4-2-1-3-5-15/h1-5,10-11,13H,6-9,12H2,(H2,24,28)(H,26,29). The summed E-state index contributed by atoms with van der Waals surface area (Å²) in [4.78, 5) is 11.9. The molecule has 0 spiro atoms. The van der Waals surface area contributed by atoms with Gasteiger partial charge in [-0.05, 0) is 29.8 Å². The third-order valence-corrected chi connectivity index (χ3v) is 5.25. The number of hydrogen-bond acceptors (Lipinski definition) is 9. The molecule has 0 aliphatic heterocycles. The molecule has 3 N–H and O–H groups in total. The second kappa shape index (κ2) is 12.9. The van der Waals surface area contributed by atoms with Crippen molar-refractivity contribution in [3.05, 3.63) is 63.1 Å². The van der Waals surface area contributed by atoms with Crippen molar-refractivity contribution >= 4 is 51.8 Å². The van der Waals surface area contributed by atoms with Gasteiger partial charge in [-0.1, -0.05) is 52.7 Å². The molecule has 1 amide bonds. The summed E-state index contributed by atoms with van der Waals surface area (Å²) < 4.78 is 16.7. The third-order valence-electron chi connectivity index (χ3n) is 3.93. The molecule has 174 valence electrons. The van der Waals surface area contributed by atoms with Gasteiger partial charge in [-0.25, -0.2) is 5.43 Å². The minimum absolute atomic E-state index is 0.0287. The van der Waals surface area contributed by atoms with Gasteiger partial charge in [0.15, 0.2) is 5.75 Å². The van der Waals surface area contributed by atoms with Crippen molar-refractivity contribution in [3.8, 4) is 11.5 Å². The predicted octanol–water partition coefficient (Wildman–Crippen LogP) is 3.59. The summed E-state index contributed by atoms with van der Waals surface area (Å²) in [7, 11) is 0. The molecular weight excluding hydrogens is 489 g/mol. The number of anilines is 1. The zero-order chi connectivity index (χ0) is 23.5. The molecule has 0 unspecified atom stereocenters. The molecule has 0 saturated carbocycles. The molecule has 0 radical (unpaired) electrons. The highest BCUT2D eigenvalue weighted by Gasteiger charge is 2.10. The van der Waals surface area contributed by atoms with Crippen molar-refractivity contribution in [2.75, 3.05) is 32.2 Å². The molecule has 1 aromatic heterocycles. The van der Waals surface area contributed by atoms with Crippen molar-refractivity contribution in [2.45, 2.75) is 6.42 Å². The molecule has 2 aromatic carbocycles. The van der Waals surface area contributed by atoms with Crippen LogP contribution in [0.15, 0.2) is 47.6 Å². The Morgan fingerprint density at radius 2 is 1.76 bits per heavy atom. The molecule has 3 rings (SSSR count). The number of nitrogen functional groups attached to an aromatic ring is 1. The Morgan fingerprint density at radius 3 is 2.42 bits per heavy atom. The fourth-order valence-corrected chi connectivity index (χ4v) is 3.75. The quantitative estimate of drug-likeness (QED) is 0.217. The van der Waals surface area contributed by atoms with Gasteiger partial charge in [0.05, 0.1) is 35.9 Å². The topological polar surface area (TPSA) is 121 Å². The van der Waals surface area contributed by atoms with Gasteiger partial charge >= 0.3 is 0 Å². The summed E-state index contributed by atoms with van der Waals surface area (Å²) in [5.74, 6) is 0.785. The lowest BCUT2D eigenvalue weighted by atomic mass is 10.2. The van der Waals surface area contributed by atoms with Crippen LogP contribution in [-0.2, 0) is 16.0 Å². The average Bonchev–Trinajstić information content (AvgIpc) is 3.19. The number of aromatic nitrogens is 2. The van der Waals surface area contributed by atoms with E-state index in [1.54, 1.807) is 12.1 Å². The van der Waals surface area contributed by atoms with Crippen LogP contribution in [-0.4, -0.2) is 48.7 Å². The normalized spacial score (nSPS) is 11.0. The Balaban J connectivity index is 1.38. The molecule has 12 heteroatoms. The van der Waals surface area contributed by atoms with Gasteiger partial charge in [0.25, 0.3) is 0 Å². The number of nitrogens with zero attached hydrogens (tertiary/aromatic N) is 3. The predicted molar refractivity (Wildman–Crippen MR) is 128 cm³/mol. The van der Waals surface area contributed by atoms with Crippen LogP contribution in [0.4, 0.5) is 5.13 Å². The Bertz CT molecular complexity index is 1060. The fourth-order valence-electron chi connectivity index (χ4n) is 2.53. The minimum atomic E-state index is -0.353. The van der Waals surface area contributed by atoms with Gasteiger partial charge in [0.1, 0.15) is 24.0 Å². The van der Waals surface area contributed by atoms with E-state index < -0.39 is 0 Å². The van der Waals surface area contributed by atoms with Gasteiger partial charge in [-0.2, -0.15) is 5.10 Å². The van der Waals surface area contributed by atoms with E-state index in [2.05, 4.69) is 20.7 Å². The van der Waals surface area contributed by atoms with Crippen molar-refractivity contribution in [1.29, 1.82) is 0 Å². The van der Waals surface area contributed by atoms with E-state index in [0.717, 1.165) is 17.1 Å². The third kappa shape index (κ3) is 8.50. The fraction of sp³-hybridized carbons (Fsp3) is 0.238. The molecule has 0 atom stereocenters. The van der Waals surface area contributed by atoms with Crippen LogP contribution in [0.3, 0.4) is 0 Å². The molecule has 3 aromatic rings. The maximum Gasteiger partial charge on any atom is 0.247 e. The first-order chi connectivity index (χ1) is 16.0. The van der Waals surface area contributed by atoms with Crippen molar-refractivity contribution in [1.82, 2.24) is 15.6 Å². The summed E-state index contributed by atoms with van der Waals surface area (Å²) in [5.41, 5.74) is 8.47. The first-order valence-electron chi connectivity index (χ1n) is 9.78. The number of carbonyl (C=O) groups is 1. The second-order valence-corrected chi connectivity index (χ2v) is 8.35. The smallest absolute Gasteiger partial charge is 0.247 e. The molecule has 0 fully saturated rings. The van der Waals surface area contributed by atoms with E-state index in [1.165, 1.54) is 6.21 Å². The van der Waals surface area contributed by atoms with E-state index >= 15 is 0 Å². The number of para-hydroxylation sites is 1. The highest BCUT2D eigenvalue weighted by molar-refractivity contribution is 7.15. The average molecular weight is 510 g/mol. The van der Waals surface area contributed by atoms with Gasteiger partial charge in [0, 0.05) is 0 Å². The number of ether oxygens (including phenoxy) is 3. The molecule has 9 nitrogen and oxygen atoms in total. The summed E-state index contributed by atoms with van der Waals surface area (Å²) in [5, 5.41) is 12.7. The van der Waals surface area contributed by atoms with E-state index in [9.17, 15) is 4.79 Å². The van der Waals surface area contributed by atoms with E-state index in [1.807, 2.05) is 30.3 Å². The summed E-state index contributed by atoms with van der Waals surface area (Å²) in [6.45, 7) is 1.48. The zero-order valence-electron chi connectivity index (χ0n) is 17.4. The monoisotopic (exact) mass is 509 g/mol.